The number of carbonyl (C=O) groups excluding carboxylic acids is 1. The van der Waals surface area contributed by atoms with Gasteiger partial charge in [-0.3, -0.25) is 4.79 Å². The average molecular weight is 251 g/mol. The highest BCUT2D eigenvalue weighted by Crippen LogP contribution is 2.59. The molecule has 0 aliphatic heterocycles. The van der Waals surface area contributed by atoms with Gasteiger partial charge in [0.15, 0.2) is 10.1 Å². The molecule has 0 N–H and O–H groups in total. The van der Waals surface area contributed by atoms with Gasteiger partial charge >= 0.3 is 0 Å². The predicted octanol–water partition coefficient (Wildman–Crippen LogP) is 4.50. The Hall–Kier alpha value is 0.250. The van der Waals surface area contributed by atoms with Gasteiger partial charge in [0.1, 0.15) is 0 Å². The second-order valence-corrected chi connectivity index (χ2v) is 5.99. The van der Waals surface area contributed by atoms with E-state index < -0.39 is 4.33 Å². The fraction of sp³-hybridized carbons (Fsp3) is 0.917. The van der Waals surface area contributed by atoms with E-state index in [1.807, 2.05) is 0 Å². The van der Waals surface area contributed by atoms with Crippen LogP contribution in [0.1, 0.15) is 58.8 Å². The maximum atomic E-state index is 11.4. The first-order valence-corrected chi connectivity index (χ1v) is 6.67. The number of hydrogen-bond donors (Lipinski definition) is 0. The van der Waals surface area contributed by atoms with Crippen LogP contribution < -0.4 is 0 Å². The summed E-state index contributed by atoms with van der Waals surface area (Å²) in [6, 6.07) is 0. The second kappa shape index (κ2) is 5.05. The van der Waals surface area contributed by atoms with Gasteiger partial charge in [-0.25, -0.2) is 0 Å². The van der Waals surface area contributed by atoms with E-state index >= 15 is 0 Å². The van der Waals surface area contributed by atoms with Crippen molar-refractivity contribution in [2.75, 3.05) is 0 Å². The summed E-state index contributed by atoms with van der Waals surface area (Å²) in [4.78, 5) is 11.4. The molecule has 0 unspecified atom stereocenters. The van der Waals surface area contributed by atoms with Crippen molar-refractivity contribution in [3.63, 3.8) is 0 Å². The molecule has 0 amide bonds. The van der Waals surface area contributed by atoms with Crippen LogP contribution >= 0.6 is 23.2 Å². The minimum Gasteiger partial charge on any atom is -0.296 e. The molecule has 1 aliphatic carbocycles. The van der Waals surface area contributed by atoms with Crippen molar-refractivity contribution in [2.45, 2.75) is 63.1 Å². The Morgan fingerprint density at radius 1 is 1.13 bits per heavy atom. The lowest BCUT2D eigenvalue weighted by molar-refractivity contribution is -0.135. The molecule has 0 aromatic rings. The van der Waals surface area contributed by atoms with Crippen LogP contribution in [0.2, 0.25) is 0 Å². The Balaban J connectivity index is 2.66. The third-order valence-corrected chi connectivity index (χ3v) is 4.76. The molecule has 1 aliphatic rings. The Bertz CT molecular complexity index is 228. The molecule has 1 nitrogen and oxygen atoms in total. The number of hydrogen-bond acceptors (Lipinski definition) is 1. The van der Waals surface area contributed by atoms with Gasteiger partial charge in [-0.2, -0.15) is 0 Å². The highest BCUT2D eigenvalue weighted by atomic mass is 35.5. The second-order valence-electron chi connectivity index (χ2n) is 4.66. The van der Waals surface area contributed by atoms with Gasteiger partial charge < -0.3 is 0 Å². The maximum Gasteiger partial charge on any atom is 0.181 e. The molecular formula is C12H20Cl2O. The van der Waals surface area contributed by atoms with Crippen molar-refractivity contribution in [1.82, 2.24) is 0 Å². The van der Waals surface area contributed by atoms with E-state index in [0.717, 1.165) is 38.5 Å². The number of Topliss-reactive ketones (excluding diaryl/α,β-unsaturated/α-hetero) is 1. The van der Waals surface area contributed by atoms with Crippen LogP contribution in [0.3, 0.4) is 0 Å². The molecule has 0 spiro atoms. The molecular weight excluding hydrogens is 231 g/mol. The summed E-state index contributed by atoms with van der Waals surface area (Å²) in [6.45, 7) is 4.30. The van der Waals surface area contributed by atoms with E-state index in [1.54, 1.807) is 0 Å². The maximum absolute atomic E-state index is 11.4. The Kier molecular flexibility index (Phi) is 4.49. The van der Waals surface area contributed by atoms with Gasteiger partial charge in [-0.1, -0.05) is 62.7 Å². The molecule has 15 heavy (non-hydrogen) atoms. The third kappa shape index (κ3) is 2.34. The number of carbonyl (C=O) groups is 1. The van der Waals surface area contributed by atoms with E-state index in [4.69, 9.17) is 23.2 Å². The lowest BCUT2D eigenvalue weighted by Crippen LogP contribution is -2.57. The highest BCUT2D eigenvalue weighted by molar-refractivity contribution is 6.61. The van der Waals surface area contributed by atoms with Crippen LogP contribution in [-0.2, 0) is 4.79 Å². The standard InChI is InChI=1S/C12H20Cl2O/c1-3-5-7-11(8-6-4-2)9-10(15)12(11,13)14/h3-9H2,1-2H3. The Morgan fingerprint density at radius 2 is 1.60 bits per heavy atom. The number of alkyl halides is 2. The molecule has 88 valence electrons. The zero-order chi connectivity index (χ0) is 11.5. The van der Waals surface area contributed by atoms with Crippen LogP contribution in [-0.4, -0.2) is 10.1 Å². The molecule has 3 heteroatoms. The van der Waals surface area contributed by atoms with Crippen molar-refractivity contribution < 1.29 is 4.79 Å². The summed E-state index contributed by atoms with van der Waals surface area (Å²) in [5, 5.41) is 0. The normalized spacial score (nSPS) is 22.5. The summed E-state index contributed by atoms with van der Waals surface area (Å²) in [7, 11) is 0. The first-order valence-electron chi connectivity index (χ1n) is 5.91. The summed E-state index contributed by atoms with van der Waals surface area (Å²) in [5.41, 5.74) is -0.126. The summed E-state index contributed by atoms with van der Waals surface area (Å²) < 4.78 is -1.10. The van der Waals surface area contributed by atoms with Crippen LogP contribution in [0.5, 0.6) is 0 Å². The molecule has 0 heterocycles. The number of rotatable bonds is 6. The van der Waals surface area contributed by atoms with E-state index in [0.29, 0.717) is 6.42 Å². The molecule has 1 fully saturated rings. The molecule has 0 atom stereocenters. The third-order valence-electron chi connectivity index (χ3n) is 3.53. The van der Waals surface area contributed by atoms with Crippen molar-refractivity contribution in [1.29, 1.82) is 0 Å². The van der Waals surface area contributed by atoms with E-state index in [9.17, 15) is 4.79 Å². The monoisotopic (exact) mass is 250 g/mol. The van der Waals surface area contributed by atoms with Crippen molar-refractivity contribution in [3.05, 3.63) is 0 Å². The van der Waals surface area contributed by atoms with Gasteiger partial charge in [0.25, 0.3) is 0 Å². The highest BCUT2D eigenvalue weighted by Gasteiger charge is 2.62. The topological polar surface area (TPSA) is 17.1 Å². The summed E-state index contributed by atoms with van der Waals surface area (Å²) in [5.74, 6) is 0.0121. The van der Waals surface area contributed by atoms with Gasteiger partial charge in [0.2, 0.25) is 0 Å². The fourth-order valence-electron chi connectivity index (χ4n) is 2.36. The summed E-state index contributed by atoms with van der Waals surface area (Å²) in [6.07, 6.45) is 7.04. The van der Waals surface area contributed by atoms with Crippen LogP contribution in [0.25, 0.3) is 0 Å². The average Bonchev–Trinajstić information content (AvgIpc) is 2.21. The quantitative estimate of drug-likeness (QED) is 0.635. The largest absolute Gasteiger partial charge is 0.296 e. The first kappa shape index (κ1) is 13.3. The number of unbranched alkanes of at least 4 members (excludes halogenated alkanes) is 2. The predicted molar refractivity (Wildman–Crippen MR) is 65.5 cm³/mol. The zero-order valence-electron chi connectivity index (χ0n) is 9.61. The lowest BCUT2D eigenvalue weighted by atomic mass is 9.61. The molecule has 1 rings (SSSR count). The molecule has 1 saturated carbocycles. The molecule has 0 aromatic carbocycles. The van der Waals surface area contributed by atoms with Crippen LogP contribution in [0.15, 0.2) is 0 Å². The van der Waals surface area contributed by atoms with Gasteiger partial charge in [0, 0.05) is 11.8 Å². The Morgan fingerprint density at radius 3 is 1.87 bits per heavy atom. The molecule has 0 aromatic heterocycles. The minimum absolute atomic E-state index is 0.0121. The lowest BCUT2D eigenvalue weighted by Gasteiger charge is -2.51. The van der Waals surface area contributed by atoms with Crippen molar-refractivity contribution >= 4 is 29.0 Å². The number of halogens is 2. The van der Waals surface area contributed by atoms with E-state index in [1.165, 1.54) is 0 Å². The van der Waals surface area contributed by atoms with Gasteiger partial charge in [-0.05, 0) is 12.8 Å². The molecule has 0 bridgehead atoms. The van der Waals surface area contributed by atoms with E-state index in [-0.39, 0.29) is 11.2 Å². The van der Waals surface area contributed by atoms with Crippen LogP contribution in [0.4, 0.5) is 0 Å². The summed E-state index contributed by atoms with van der Waals surface area (Å²) >= 11 is 12.3. The first-order chi connectivity index (χ1) is 7.00. The zero-order valence-corrected chi connectivity index (χ0v) is 11.1. The molecule has 0 radical (unpaired) electrons. The van der Waals surface area contributed by atoms with Crippen molar-refractivity contribution in [2.24, 2.45) is 5.41 Å². The van der Waals surface area contributed by atoms with Crippen molar-refractivity contribution in [3.8, 4) is 0 Å². The van der Waals surface area contributed by atoms with Gasteiger partial charge in [-0.15, -0.1) is 0 Å². The Labute approximate surface area is 103 Å². The fourth-order valence-corrected chi connectivity index (χ4v) is 3.01. The molecule has 0 saturated heterocycles. The number of ketones is 1. The minimum atomic E-state index is -1.10. The smallest absolute Gasteiger partial charge is 0.181 e. The SMILES string of the molecule is CCCCC1(CCCC)CC(=O)C1(Cl)Cl. The van der Waals surface area contributed by atoms with Crippen LogP contribution in [0, 0.1) is 5.41 Å². The van der Waals surface area contributed by atoms with Gasteiger partial charge in [0.05, 0.1) is 0 Å². The van der Waals surface area contributed by atoms with E-state index in [2.05, 4.69) is 13.8 Å².